The molecule has 2 aromatic carbocycles. The third-order valence-corrected chi connectivity index (χ3v) is 2.79. The average molecular weight is 262 g/mol. The van der Waals surface area contributed by atoms with Gasteiger partial charge in [-0.05, 0) is 30.3 Å². The molecule has 3 nitrogen and oxygen atoms in total. The number of carbonyl (C=O) groups excluding carboxylic acids is 1. The predicted octanol–water partition coefficient (Wildman–Crippen LogP) is 3.08. The van der Waals surface area contributed by atoms with Crippen LogP contribution < -0.4 is 5.32 Å². The van der Waals surface area contributed by atoms with E-state index in [-0.39, 0.29) is 12.5 Å². The number of anilines is 1. The van der Waals surface area contributed by atoms with Gasteiger partial charge in [0.05, 0.1) is 6.61 Å². The predicted molar refractivity (Wildman–Crippen MR) is 71.8 cm³/mol. The number of aliphatic hydroxyl groups excluding tert-OH is 1. The van der Waals surface area contributed by atoms with Crippen LogP contribution in [0.4, 0.5) is 5.69 Å². The van der Waals surface area contributed by atoms with Crippen LogP contribution in [-0.2, 0) is 6.61 Å². The summed E-state index contributed by atoms with van der Waals surface area (Å²) in [4.78, 5) is 12.0. The van der Waals surface area contributed by atoms with E-state index in [1.54, 1.807) is 42.5 Å². The van der Waals surface area contributed by atoms with Crippen molar-refractivity contribution in [2.24, 2.45) is 0 Å². The van der Waals surface area contributed by atoms with Gasteiger partial charge in [0, 0.05) is 21.8 Å². The van der Waals surface area contributed by atoms with Crippen LogP contribution in [0.15, 0.2) is 48.5 Å². The number of hydrogen-bond donors (Lipinski definition) is 2. The molecule has 92 valence electrons. The molecule has 0 fully saturated rings. The van der Waals surface area contributed by atoms with Crippen LogP contribution in [0.2, 0.25) is 5.02 Å². The molecule has 0 spiro atoms. The van der Waals surface area contributed by atoms with Crippen molar-refractivity contribution in [2.45, 2.75) is 6.61 Å². The van der Waals surface area contributed by atoms with Gasteiger partial charge in [-0.3, -0.25) is 4.79 Å². The second-order valence-electron chi connectivity index (χ2n) is 3.78. The van der Waals surface area contributed by atoms with E-state index < -0.39 is 0 Å². The molecule has 0 saturated heterocycles. The minimum Gasteiger partial charge on any atom is -0.392 e. The molecule has 4 heteroatoms. The van der Waals surface area contributed by atoms with E-state index in [0.717, 1.165) is 0 Å². The largest absolute Gasteiger partial charge is 0.392 e. The number of benzene rings is 2. The number of rotatable bonds is 3. The maximum absolute atomic E-state index is 12.0. The standard InChI is InChI=1S/C14H12ClNO2/c15-12-7-5-10(6-8-12)14(18)16-13-4-2-1-3-11(13)9-17/h1-8,17H,9H2,(H,16,18). The summed E-state index contributed by atoms with van der Waals surface area (Å²) in [5.41, 5.74) is 1.81. The van der Waals surface area contributed by atoms with Gasteiger partial charge in [0.1, 0.15) is 0 Å². The van der Waals surface area contributed by atoms with Crippen molar-refractivity contribution >= 4 is 23.2 Å². The maximum atomic E-state index is 12.0. The first-order valence-corrected chi connectivity index (χ1v) is 5.84. The fourth-order valence-corrected chi connectivity index (χ4v) is 1.70. The first-order valence-electron chi connectivity index (χ1n) is 5.46. The molecule has 0 heterocycles. The second kappa shape index (κ2) is 5.67. The van der Waals surface area contributed by atoms with Crippen LogP contribution in [0.1, 0.15) is 15.9 Å². The Morgan fingerprint density at radius 1 is 1.11 bits per heavy atom. The summed E-state index contributed by atoms with van der Waals surface area (Å²) in [6.45, 7) is -0.114. The third kappa shape index (κ3) is 2.88. The number of carbonyl (C=O) groups is 1. The van der Waals surface area contributed by atoms with Gasteiger partial charge in [-0.25, -0.2) is 0 Å². The molecular weight excluding hydrogens is 250 g/mol. The van der Waals surface area contributed by atoms with E-state index in [1.807, 2.05) is 6.07 Å². The molecule has 18 heavy (non-hydrogen) atoms. The third-order valence-electron chi connectivity index (χ3n) is 2.54. The van der Waals surface area contributed by atoms with Gasteiger partial charge in [-0.15, -0.1) is 0 Å². The van der Waals surface area contributed by atoms with Crippen molar-refractivity contribution in [1.29, 1.82) is 0 Å². The Balaban J connectivity index is 2.18. The highest BCUT2D eigenvalue weighted by Crippen LogP contribution is 2.17. The minimum atomic E-state index is -0.229. The molecule has 0 aliphatic heterocycles. The molecule has 0 atom stereocenters. The highest BCUT2D eigenvalue weighted by atomic mass is 35.5. The molecule has 0 unspecified atom stereocenters. The molecule has 1 amide bonds. The summed E-state index contributed by atoms with van der Waals surface area (Å²) in [6, 6.07) is 13.7. The van der Waals surface area contributed by atoms with Gasteiger partial charge in [-0.1, -0.05) is 29.8 Å². The van der Waals surface area contributed by atoms with E-state index in [4.69, 9.17) is 16.7 Å². The molecule has 0 aliphatic carbocycles. The van der Waals surface area contributed by atoms with E-state index >= 15 is 0 Å². The molecule has 0 bridgehead atoms. The quantitative estimate of drug-likeness (QED) is 0.892. The topological polar surface area (TPSA) is 49.3 Å². The van der Waals surface area contributed by atoms with Gasteiger partial charge >= 0.3 is 0 Å². The summed E-state index contributed by atoms with van der Waals surface area (Å²) in [5, 5.41) is 12.5. The fourth-order valence-electron chi connectivity index (χ4n) is 1.58. The van der Waals surface area contributed by atoms with Crippen molar-refractivity contribution < 1.29 is 9.90 Å². The zero-order chi connectivity index (χ0) is 13.0. The van der Waals surface area contributed by atoms with E-state index in [9.17, 15) is 4.79 Å². The van der Waals surface area contributed by atoms with Crippen molar-refractivity contribution in [3.63, 3.8) is 0 Å². The summed E-state index contributed by atoms with van der Waals surface area (Å²) < 4.78 is 0. The highest BCUT2D eigenvalue weighted by Gasteiger charge is 2.08. The van der Waals surface area contributed by atoms with Gasteiger partial charge in [0.25, 0.3) is 5.91 Å². The summed E-state index contributed by atoms with van der Waals surface area (Å²) in [6.07, 6.45) is 0. The Hall–Kier alpha value is -1.84. The molecule has 0 aromatic heterocycles. The molecule has 2 rings (SSSR count). The molecule has 0 saturated carbocycles. The van der Waals surface area contributed by atoms with Gasteiger partial charge in [0.2, 0.25) is 0 Å². The van der Waals surface area contributed by atoms with E-state index in [2.05, 4.69) is 5.32 Å². The monoisotopic (exact) mass is 261 g/mol. The number of aliphatic hydroxyl groups is 1. The van der Waals surface area contributed by atoms with Crippen LogP contribution in [0.5, 0.6) is 0 Å². The lowest BCUT2D eigenvalue weighted by Crippen LogP contribution is -2.13. The van der Waals surface area contributed by atoms with Crippen molar-refractivity contribution in [3.05, 3.63) is 64.7 Å². The molecule has 2 N–H and O–H groups in total. The van der Waals surface area contributed by atoms with Crippen LogP contribution in [0, 0.1) is 0 Å². The van der Waals surface area contributed by atoms with Crippen LogP contribution >= 0.6 is 11.6 Å². The second-order valence-corrected chi connectivity index (χ2v) is 4.21. The molecular formula is C14H12ClNO2. The van der Waals surface area contributed by atoms with E-state index in [0.29, 0.717) is 21.8 Å². The van der Waals surface area contributed by atoms with Crippen molar-refractivity contribution in [3.8, 4) is 0 Å². The first kappa shape index (κ1) is 12.6. The SMILES string of the molecule is O=C(Nc1ccccc1CO)c1ccc(Cl)cc1. The zero-order valence-electron chi connectivity index (χ0n) is 9.56. The van der Waals surface area contributed by atoms with Crippen LogP contribution in [0.25, 0.3) is 0 Å². The Labute approximate surface area is 110 Å². The highest BCUT2D eigenvalue weighted by molar-refractivity contribution is 6.30. The number of amides is 1. The average Bonchev–Trinajstić information content (AvgIpc) is 2.40. The lowest BCUT2D eigenvalue weighted by Gasteiger charge is -2.09. The molecule has 2 aromatic rings. The Morgan fingerprint density at radius 3 is 2.44 bits per heavy atom. The Morgan fingerprint density at radius 2 is 1.78 bits per heavy atom. The van der Waals surface area contributed by atoms with Crippen LogP contribution in [0.3, 0.4) is 0 Å². The van der Waals surface area contributed by atoms with E-state index in [1.165, 1.54) is 0 Å². The normalized spacial score (nSPS) is 10.1. The molecule has 0 aliphatic rings. The number of halogens is 1. The van der Waals surface area contributed by atoms with Crippen molar-refractivity contribution in [1.82, 2.24) is 0 Å². The van der Waals surface area contributed by atoms with Crippen molar-refractivity contribution in [2.75, 3.05) is 5.32 Å². The minimum absolute atomic E-state index is 0.114. The lowest BCUT2D eigenvalue weighted by molar-refractivity contribution is 0.102. The summed E-state index contributed by atoms with van der Waals surface area (Å²) >= 11 is 5.76. The molecule has 0 radical (unpaired) electrons. The Kier molecular flexibility index (Phi) is 3.97. The van der Waals surface area contributed by atoms with Gasteiger partial charge < -0.3 is 10.4 Å². The zero-order valence-corrected chi connectivity index (χ0v) is 10.3. The number of hydrogen-bond acceptors (Lipinski definition) is 2. The van der Waals surface area contributed by atoms with Gasteiger partial charge in [-0.2, -0.15) is 0 Å². The summed E-state index contributed by atoms with van der Waals surface area (Å²) in [7, 11) is 0. The number of para-hydroxylation sites is 1. The smallest absolute Gasteiger partial charge is 0.255 e. The lowest BCUT2D eigenvalue weighted by atomic mass is 10.1. The number of nitrogens with one attached hydrogen (secondary N) is 1. The maximum Gasteiger partial charge on any atom is 0.255 e. The summed E-state index contributed by atoms with van der Waals surface area (Å²) in [5.74, 6) is -0.229. The van der Waals surface area contributed by atoms with Crippen LogP contribution in [-0.4, -0.2) is 11.0 Å². The van der Waals surface area contributed by atoms with Gasteiger partial charge in [0.15, 0.2) is 0 Å². The Bertz CT molecular complexity index is 552. The fraction of sp³-hybridized carbons (Fsp3) is 0.0714. The first-order chi connectivity index (χ1) is 8.70.